The maximum atomic E-state index is 13.0. The molecular formula is C23H23N3O5. The zero-order valence-corrected chi connectivity index (χ0v) is 17.4. The average Bonchev–Trinajstić information content (AvgIpc) is 3.43. The van der Waals surface area contributed by atoms with Gasteiger partial charge in [0.1, 0.15) is 28.5 Å². The van der Waals surface area contributed by atoms with E-state index in [4.69, 9.17) is 9.15 Å². The van der Waals surface area contributed by atoms with Gasteiger partial charge in [0.25, 0.3) is 5.91 Å². The number of methoxy groups -OCH3 is 1. The Balaban J connectivity index is 1.43. The molecule has 1 aliphatic carbocycles. The number of nitrogens with one attached hydrogen (secondary N) is 2. The molecule has 1 saturated heterocycles. The van der Waals surface area contributed by atoms with E-state index in [0.29, 0.717) is 29.9 Å². The molecular weight excluding hydrogens is 398 g/mol. The molecule has 0 unspecified atom stereocenters. The smallest absolute Gasteiger partial charge is 0.325 e. The molecule has 8 nitrogen and oxygen atoms in total. The van der Waals surface area contributed by atoms with Crippen LogP contribution in [-0.4, -0.2) is 41.4 Å². The Hall–Kier alpha value is -3.55. The number of nitrogens with zero attached hydrogens (tertiary/aromatic N) is 1. The highest BCUT2D eigenvalue weighted by Gasteiger charge is 2.54. The molecule has 2 N–H and O–H groups in total. The predicted molar refractivity (Wildman–Crippen MR) is 115 cm³/mol. The van der Waals surface area contributed by atoms with Crippen molar-refractivity contribution >= 4 is 45.5 Å². The van der Waals surface area contributed by atoms with Crippen molar-refractivity contribution in [3.05, 3.63) is 36.4 Å². The molecule has 31 heavy (non-hydrogen) atoms. The molecule has 1 atom stereocenters. The summed E-state index contributed by atoms with van der Waals surface area (Å²) in [5.74, 6) is -0.339. The van der Waals surface area contributed by atoms with Gasteiger partial charge in [-0.25, -0.2) is 9.69 Å². The first kappa shape index (κ1) is 19.4. The van der Waals surface area contributed by atoms with E-state index in [1.807, 2.05) is 30.3 Å². The third-order valence-electron chi connectivity index (χ3n) is 6.37. The Morgan fingerprint density at radius 3 is 2.65 bits per heavy atom. The Kier molecular flexibility index (Phi) is 4.39. The van der Waals surface area contributed by atoms with Crippen LogP contribution in [0.5, 0.6) is 5.75 Å². The number of fused-ring (bicyclic) bond motifs is 3. The predicted octanol–water partition coefficient (Wildman–Crippen LogP) is 3.79. The van der Waals surface area contributed by atoms with Gasteiger partial charge in [-0.1, -0.05) is 31.0 Å². The van der Waals surface area contributed by atoms with Gasteiger partial charge in [-0.2, -0.15) is 0 Å². The molecule has 5 rings (SSSR count). The molecule has 2 fully saturated rings. The molecule has 0 radical (unpaired) electrons. The van der Waals surface area contributed by atoms with E-state index in [0.717, 1.165) is 34.1 Å². The summed E-state index contributed by atoms with van der Waals surface area (Å²) in [5.41, 5.74) is 0.896. The van der Waals surface area contributed by atoms with Crippen LogP contribution in [0.1, 0.15) is 32.6 Å². The second kappa shape index (κ2) is 7.01. The van der Waals surface area contributed by atoms with Crippen LogP contribution < -0.4 is 15.4 Å². The number of imide groups is 1. The van der Waals surface area contributed by atoms with Crippen LogP contribution >= 0.6 is 0 Å². The number of hydrogen-bond donors (Lipinski definition) is 2. The molecule has 2 aliphatic rings. The first-order valence-corrected chi connectivity index (χ1v) is 10.4. The second-order valence-corrected chi connectivity index (χ2v) is 8.21. The zero-order chi connectivity index (χ0) is 21.8. The summed E-state index contributed by atoms with van der Waals surface area (Å²) in [6.45, 7) is 1.55. The van der Waals surface area contributed by atoms with Crippen LogP contribution in [0.4, 0.5) is 10.5 Å². The molecule has 1 aliphatic heterocycles. The van der Waals surface area contributed by atoms with E-state index in [-0.39, 0.29) is 5.91 Å². The van der Waals surface area contributed by atoms with Crippen molar-refractivity contribution in [1.29, 1.82) is 0 Å². The number of ether oxygens (including phenoxy) is 1. The normalized spacial score (nSPS) is 18.7. The Bertz CT molecular complexity index is 1220. The highest BCUT2D eigenvalue weighted by Crippen LogP contribution is 2.38. The number of para-hydroxylation sites is 1. The van der Waals surface area contributed by atoms with E-state index < -0.39 is 23.5 Å². The van der Waals surface area contributed by atoms with Crippen molar-refractivity contribution in [2.75, 3.05) is 12.4 Å². The van der Waals surface area contributed by atoms with Gasteiger partial charge in [-0.3, -0.25) is 9.59 Å². The van der Waals surface area contributed by atoms with Gasteiger partial charge in [-0.15, -0.1) is 0 Å². The molecule has 2 aromatic carbocycles. The zero-order valence-electron chi connectivity index (χ0n) is 17.4. The number of rotatable bonds is 4. The summed E-state index contributed by atoms with van der Waals surface area (Å²) >= 11 is 0. The lowest BCUT2D eigenvalue weighted by molar-refractivity contribution is -0.136. The molecule has 1 aromatic heterocycles. The quantitative estimate of drug-likeness (QED) is 0.625. The van der Waals surface area contributed by atoms with Crippen molar-refractivity contribution in [2.45, 2.75) is 44.2 Å². The number of benzene rings is 2. The Morgan fingerprint density at radius 2 is 1.90 bits per heavy atom. The van der Waals surface area contributed by atoms with Gasteiger partial charge >= 0.3 is 6.03 Å². The summed E-state index contributed by atoms with van der Waals surface area (Å²) in [7, 11) is 1.52. The van der Waals surface area contributed by atoms with Gasteiger partial charge in [0, 0.05) is 16.8 Å². The SMILES string of the molecule is COc1cc2c(cc1NC(=O)[C@@H](C)N1C(=O)NC3(CCCC3)C1=O)oc1ccccc12. The van der Waals surface area contributed by atoms with Crippen LogP contribution in [0.2, 0.25) is 0 Å². The minimum Gasteiger partial charge on any atom is -0.495 e. The first-order chi connectivity index (χ1) is 14.9. The van der Waals surface area contributed by atoms with Crippen LogP contribution in [0.25, 0.3) is 21.9 Å². The minimum absolute atomic E-state index is 0.322. The van der Waals surface area contributed by atoms with Gasteiger partial charge in [0.05, 0.1) is 12.8 Å². The first-order valence-electron chi connectivity index (χ1n) is 10.4. The number of hydrogen-bond acceptors (Lipinski definition) is 5. The molecule has 1 saturated carbocycles. The highest BCUT2D eigenvalue weighted by atomic mass is 16.5. The van der Waals surface area contributed by atoms with Crippen molar-refractivity contribution < 1.29 is 23.5 Å². The van der Waals surface area contributed by atoms with Crippen LogP contribution in [0.3, 0.4) is 0 Å². The van der Waals surface area contributed by atoms with E-state index in [2.05, 4.69) is 10.6 Å². The summed E-state index contributed by atoms with van der Waals surface area (Å²) in [6, 6.07) is 9.66. The Labute approximate surface area is 178 Å². The largest absolute Gasteiger partial charge is 0.495 e. The monoisotopic (exact) mass is 421 g/mol. The maximum absolute atomic E-state index is 13.0. The standard InChI is InChI=1S/C23H23N3O5/c1-13(26-21(28)23(25-22(26)29)9-5-6-10-23)20(27)24-16-12-18-15(11-19(16)30-2)14-7-3-4-8-17(14)31-18/h3-4,7-8,11-13H,5-6,9-10H2,1-2H3,(H,24,27)(H,25,29)/t13-/m1/s1. The summed E-state index contributed by atoms with van der Waals surface area (Å²) in [6.07, 6.45) is 2.99. The van der Waals surface area contributed by atoms with Gasteiger partial charge in [-0.05, 0) is 31.9 Å². The van der Waals surface area contributed by atoms with E-state index >= 15 is 0 Å². The van der Waals surface area contributed by atoms with Gasteiger partial charge < -0.3 is 19.8 Å². The van der Waals surface area contributed by atoms with E-state index in [9.17, 15) is 14.4 Å². The average molecular weight is 421 g/mol. The fourth-order valence-electron chi connectivity index (χ4n) is 4.68. The molecule has 160 valence electrons. The number of carbonyl (C=O) groups is 3. The number of amides is 4. The third kappa shape index (κ3) is 2.93. The van der Waals surface area contributed by atoms with Crippen LogP contribution in [-0.2, 0) is 9.59 Å². The number of urea groups is 1. The third-order valence-corrected chi connectivity index (χ3v) is 6.37. The molecule has 0 bridgehead atoms. The molecule has 3 aromatic rings. The molecule has 1 spiro atoms. The van der Waals surface area contributed by atoms with Gasteiger partial charge in [0.15, 0.2) is 0 Å². The molecule has 2 heterocycles. The lowest BCUT2D eigenvalue weighted by Gasteiger charge is -2.23. The van der Waals surface area contributed by atoms with Crippen LogP contribution in [0.15, 0.2) is 40.8 Å². The minimum atomic E-state index is -0.969. The maximum Gasteiger partial charge on any atom is 0.325 e. The van der Waals surface area contributed by atoms with Crippen molar-refractivity contribution in [3.63, 3.8) is 0 Å². The summed E-state index contributed by atoms with van der Waals surface area (Å²) in [5, 5.41) is 7.42. The number of furan rings is 1. The lowest BCUT2D eigenvalue weighted by atomic mass is 9.97. The molecule has 8 heteroatoms. The lowest BCUT2D eigenvalue weighted by Crippen LogP contribution is -2.48. The van der Waals surface area contributed by atoms with Gasteiger partial charge in [0.2, 0.25) is 5.91 Å². The van der Waals surface area contributed by atoms with E-state index in [1.165, 1.54) is 7.11 Å². The number of carbonyl (C=O) groups excluding carboxylic acids is 3. The highest BCUT2D eigenvalue weighted by molar-refractivity contribution is 6.12. The van der Waals surface area contributed by atoms with Crippen LogP contribution in [0, 0.1) is 0 Å². The van der Waals surface area contributed by atoms with E-state index in [1.54, 1.807) is 13.0 Å². The summed E-state index contributed by atoms with van der Waals surface area (Å²) < 4.78 is 11.4. The van der Waals surface area contributed by atoms with Crippen molar-refractivity contribution in [3.8, 4) is 5.75 Å². The molecule has 4 amide bonds. The fourth-order valence-corrected chi connectivity index (χ4v) is 4.68. The second-order valence-electron chi connectivity index (χ2n) is 8.21. The topological polar surface area (TPSA) is 101 Å². The van der Waals surface area contributed by atoms with Crippen molar-refractivity contribution in [1.82, 2.24) is 10.2 Å². The summed E-state index contributed by atoms with van der Waals surface area (Å²) in [4.78, 5) is 39.5. The fraction of sp³-hybridized carbons (Fsp3) is 0.348. The van der Waals surface area contributed by atoms with Crippen molar-refractivity contribution in [2.24, 2.45) is 0 Å². The Morgan fingerprint density at radius 1 is 1.16 bits per heavy atom. The number of anilines is 1.